The molecule has 0 N–H and O–H groups in total. The minimum absolute atomic E-state index is 1.12. The summed E-state index contributed by atoms with van der Waals surface area (Å²) in [6, 6.07) is 7.03. The van der Waals surface area contributed by atoms with E-state index in [-0.39, 0.29) is 0 Å². The molecule has 230 valence electrons. The molecule has 2 aliphatic carbocycles. The van der Waals surface area contributed by atoms with Crippen LogP contribution in [0.4, 0.5) is 0 Å². The summed E-state index contributed by atoms with van der Waals surface area (Å²) < 4.78 is 0. The summed E-state index contributed by atoms with van der Waals surface area (Å²) in [4.78, 5) is 0. The first-order valence-electron chi connectivity index (χ1n) is 17.1. The molecule has 40 heavy (non-hydrogen) atoms. The van der Waals surface area contributed by atoms with E-state index < -0.39 is 0 Å². The van der Waals surface area contributed by atoms with Gasteiger partial charge in [-0.25, -0.2) is 0 Å². The second-order valence-corrected chi connectivity index (χ2v) is 11.1. The molecule has 0 radical (unpaired) electrons. The van der Waals surface area contributed by atoms with Gasteiger partial charge in [-0.1, -0.05) is 155 Å². The first-order valence-corrected chi connectivity index (χ1v) is 17.1. The third kappa shape index (κ3) is 19.3. The topological polar surface area (TPSA) is 0 Å². The highest BCUT2D eigenvalue weighted by atomic mass is 14.2. The lowest BCUT2D eigenvalue weighted by atomic mass is 9.89. The highest BCUT2D eigenvalue weighted by Gasteiger charge is 2.13. The fourth-order valence-electron chi connectivity index (χ4n) is 5.18. The molecule has 1 aromatic rings. The lowest BCUT2D eigenvalue weighted by Gasteiger charge is -2.16. The smallest absolute Gasteiger partial charge is 0.0182 e. The average molecular weight is 551 g/mol. The molecular weight excluding hydrogens is 480 g/mol. The van der Waals surface area contributed by atoms with E-state index in [1.54, 1.807) is 6.08 Å². The maximum Gasteiger partial charge on any atom is -0.0182 e. The summed E-state index contributed by atoms with van der Waals surface area (Å²) in [5, 5.41) is 0. The van der Waals surface area contributed by atoms with Crippen LogP contribution in [0.25, 0.3) is 5.57 Å². The maximum absolute atomic E-state index is 3.91. The van der Waals surface area contributed by atoms with Crippen molar-refractivity contribution < 1.29 is 0 Å². The van der Waals surface area contributed by atoms with Gasteiger partial charge in [0, 0.05) is 0 Å². The standard InChI is InChI=1S/C18H24.C9H18.C8H16.C3H6.C2H6/c1-4-8-16-13-17(12-11-15(16)5-2)18-10-7-6-9-14(18)3;1-2-3-6-9-7-4-5-8-9;1-4-6-7-8(3)5-2;1-3-2;1-2/h9-13H,4-8H2,1-3H3;9H,2-8H2,1H3;3-7H2,1-2H3;3H,1H2,2H3;1-2H3. The zero-order chi connectivity index (χ0) is 30.6. The zero-order valence-electron chi connectivity index (χ0n) is 28.8. The molecule has 0 aliphatic heterocycles. The molecule has 3 rings (SSSR count). The van der Waals surface area contributed by atoms with Crippen molar-refractivity contribution in [3.63, 3.8) is 0 Å². The van der Waals surface area contributed by atoms with Crippen LogP contribution in [0.1, 0.15) is 169 Å². The molecule has 0 nitrogen and oxygen atoms in total. The number of rotatable bonds is 11. The van der Waals surface area contributed by atoms with Crippen LogP contribution in [-0.4, -0.2) is 0 Å². The van der Waals surface area contributed by atoms with Crippen molar-refractivity contribution in [1.82, 2.24) is 0 Å². The molecule has 0 aromatic heterocycles. The Balaban J connectivity index is 0. The van der Waals surface area contributed by atoms with Gasteiger partial charge in [0.1, 0.15) is 0 Å². The van der Waals surface area contributed by atoms with Gasteiger partial charge in [-0.15, -0.1) is 6.58 Å². The quantitative estimate of drug-likeness (QED) is 0.240. The van der Waals surface area contributed by atoms with E-state index in [0.29, 0.717) is 0 Å². The Kier molecular flexibility index (Phi) is 28.9. The van der Waals surface area contributed by atoms with Gasteiger partial charge >= 0.3 is 0 Å². The third-order valence-electron chi connectivity index (χ3n) is 7.63. The van der Waals surface area contributed by atoms with E-state index in [4.69, 9.17) is 0 Å². The molecule has 0 atom stereocenters. The molecule has 0 amide bonds. The van der Waals surface area contributed by atoms with Crippen molar-refractivity contribution >= 4 is 5.57 Å². The van der Waals surface area contributed by atoms with Crippen LogP contribution >= 0.6 is 0 Å². The third-order valence-corrected chi connectivity index (χ3v) is 7.63. The van der Waals surface area contributed by atoms with Crippen LogP contribution < -0.4 is 0 Å². The van der Waals surface area contributed by atoms with Gasteiger partial charge in [-0.05, 0) is 92.5 Å². The SMILES string of the molecule is C=C(CC)CCCC.C=CC.CC.CCCCC1CCCC1.CCCc1cc(C2=CCCC=C2C)ccc1CC. The van der Waals surface area contributed by atoms with Crippen molar-refractivity contribution in [3.05, 3.63) is 77.4 Å². The molecule has 1 aromatic carbocycles. The second kappa shape index (κ2) is 28.7. The molecule has 1 saturated carbocycles. The van der Waals surface area contributed by atoms with Gasteiger partial charge in [0.25, 0.3) is 0 Å². The molecule has 2 aliphatic rings. The molecule has 0 unspecified atom stereocenters. The Hall–Kier alpha value is -1.82. The summed E-state index contributed by atoms with van der Waals surface area (Å²) in [7, 11) is 0. The first kappa shape index (κ1) is 40.3. The highest BCUT2D eigenvalue weighted by molar-refractivity contribution is 5.79. The molecular formula is C40H70. The summed E-state index contributed by atoms with van der Waals surface area (Å²) in [6.45, 7) is 26.6. The number of unbranched alkanes of at least 4 members (excludes halogenated alkanes) is 2. The average Bonchev–Trinajstić information content (AvgIpc) is 3.51. The minimum atomic E-state index is 1.12. The van der Waals surface area contributed by atoms with Gasteiger partial charge in [0.2, 0.25) is 0 Å². The van der Waals surface area contributed by atoms with Crippen LogP contribution in [0.15, 0.2) is 60.7 Å². The van der Waals surface area contributed by atoms with Gasteiger partial charge < -0.3 is 0 Å². The van der Waals surface area contributed by atoms with E-state index in [1.165, 1.54) is 123 Å². The Morgan fingerprint density at radius 3 is 1.98 bits per heavy atom. The van der Waals surface area contributed by atoms with E-state index in [1.807, 2.05) is 20.8 Å². The summed E-state index contributed by atoms with van der Waals surface area (Å²) >= 11 is 0. The Labute approximate surface area is 253 Å². The normalized spacial score (nSPS) is 13.9. The lowest BCUT2D eigenvalue weighted by Crippen LogP contribution is -1.97. The van der Waals surface area contributed by atoms with Gasteiger partial charge in [-0.2, -0.15) is 0 Å². The van der Waals surface area contributed by atoms with Gasteiger partial charge in [0.15, 0.2) is 0 Å². The predicted molar refractivity (Wildman–Crippen MR) is 188 cm³/mol. The van der Waals surface area contributed by atoms with Crippen molar-refractivity contribution in [1.29, 1.82) is 0 Å². The lowest BCUT2D eigenvalue weighted by molar-refractivity contribution is 0.480. The Morgan fingerprint density at radius 1 is 0.875 bits per heavy atom. The van der Waals surface area contributed by atoms with Crippen LogP contribution in [0, 0.1) is 5.92 Å². The van der Waals surface area contributed by atoms with E-state index in [9.17, 15) is 0 Å². The van der Waals surface area contributed by atoms with Crippen molar-refractivity contribution in [2.75, 3.05) is 0 Å². The highest BCUT2D eigenvalue weighted by Crippen LogP contribution is 2.30. The van der Waals surface area contributed by atoms with E-state index in [2.05, 4.69) is 85.1 Å². The Bertz CT molecular complexity index is 797. The summed E-state index contributed by atoms with van der Waals surface area (Å²) in [5.41, 5.74) is 8.74. The Morgan fingerprint density at radius 2 is 1.48 bits per heavy atom. The van der Waals surface area contributed by atoms with Crippen LogP contribution in [0.5, 0.6) is 0 Å². The second-order valence-electron chi connectivity index (χ2n) is 11.1. The molecule has 0 spiro atoms. The van der Waals surface area contributed by atoms with Crippen LogP contribution in [-0.2, 0) is 12.8 Å². The molecule has 0 saturated heterocycles. The van der Waals surface area contributed by atoms with Crippen LogP contribution in [0.3, 0.4) is 0 Å². The van der Waals surface area contributed by atoms with Crippen molar-refractivity contribution in [3.8, 4) is 0 Å². The van der Waals surface area contributed by atoms with Crippen molar-refractivity contribution in [2.45, 2.75) is 165 Å². The number of hydrogen-bond donors (Lipinski definition) is 0. The molecule has 0 heterocycles. The van der Waals surface area contributed by atoms with Crippen molar-refractivity contribution in [2.24, 2.45) is 5.92 Å². The monoisotopic (exact) mass is 551 g/mol. The number of allylic oxidation sites excluding steroid dienone is 6. The fourth-order valence-corrected chi connectivity index (χ4v) is 5.18. The zero-order valence-corrected chi connectivity index (χ0v) is 28.8. The van der Waals surface area contributed by atoms with Gasteiger partial charge in [0.05, 0.1) is 0 Å². The number of hydrogen-bond acceptors (Lipinski definition) is 0. The van der Waals surface area contributed by atoms with Crippen LogP contribution in [0.2, 0.25) is 0 Å². The fraction of sp³-hybridized carbons (Fsp3) is 0.650. The summed E-state index contributed by atoms with van der Waals surface area (Å²) in [6.07, 6.45) is 27.9. The first-order chi connectivity index (χ1) is 19.4. The largest absolute Gasteiger partial charge is 0.103 e. The predicted octanol–water partition coefficient (Wildman–Crippen LogP) is 14.1. The summed E-state index contributed by atoms with van der Waals surface area (Å²) in [5.74, 6) is 1.12. The molecule has 0 bridgehead atoms. The van der Waals surface area contributed by atoms with E-state index >= 15 is 0 Å². The minimum Gasteiger partial charge on any atom is -0.103 e. The maximum atomic E-state index is 3.91. The molecule has 0 heteroatoms. The van der Waals surface area contributed by atoms with Gasteiger partial charge in [-0.3, -0.25) is 0 Å². The number of benzene rings is 1. The molecule has 1 fully saturated rings. The number of aryl methyl sites for hydroxylation is 2. The van der Waals surface area contributed by atoms with E-state index in [0.717, 1.165) is 18.8 Å².